The summed E-state index contributed by atoms with van der Waals surface area (Å²) in [4.78, 5) is 26.4. The van der Waals surface area contributed by atoms with Crippen molar-refractivity contribution in [3.63, 3.8) is 0 Å². The third-order valence-electron chi connectivity index (χ3n) is 5.52. The Bertz CT molecular complexity index is 1200. The zero-order chi connectivity index (χ0) is 25.9. The van der Waals surface area contributed by atoms with E-state index >= 15 is 8.78 Å². The van der Waals surface area contributed by atoms with Crippen LogP contribution in [0.2, 0.25) is 0 Å². The van der Waals surface area contributed by atoms with Gasteiger partial charge in [-0.15, -0.1) is 0 Å². The Labute approximate surface area is 205 Å². The molecule has 2 aliphatic heterocycles. The maximum absolute atomic E-state index is 16.3. The normalized spacial score (nSPS) is 33.6. The van der Waals surface area contributed by atoms with Crippen molar-refractivity contribution in [3.05, 3.63) is 6.33 Å². The van der Waals surface area contributed by atoms with Crippen LogP contribution in [-0.4, -0.2) is 76.0 Å². The molecule has 0 radical (unpaired) electrons. The van der Waals surface area contributed by atoms with Gasteiger partial charge in [0.05, 0.1) is 12.4 Å². The van der Waals surface area contributed by atoms with Crippen LogP contribution in [0.3, 0.4) is 0 Å². The topological polar surface area (TPSA) is 139 Å². The van der Waals surface area contributed by atoms with Crippen LogP contribution in [0.5, 0.6) is 0 Å². The maximum atomic E-state index is 16.3. The van der Waals surface area contributed by atoms with Crippen molar-refractivity contribution in [2.75, 3.05) is 31.3 Å². The van der Waals surface area contributed by atoms with Crippen LogP contribution in [-0.2, 0) is 35.1 Å². The first kappa shape index (κ1) is 26.0. The predicted octanol–water partition coefficient (Wildman–Crippen LogP) is 1.97. The number of nitrogens with zero attached hydrogens (tertiary/aromatic N) is 5. The number of nitrogens with two attached hydrogens (primary N) is 1. The molecule has 2 fully saturated rings. The van der Waals surface area contributed by atoms with Gasteiger partial charge in [0.2, 0.25) is 5.95 Å². The molecule has 2 saturated heterocycles. The molecule has 16 heteroatoms. The Morgan fingerprint density at radius 3 is 2.71 bits per heavy atom. The summed E-state index contributed by atoms with van der Waals surface area (Å²) in [5, 5.41) is 2.73. The molecule has 1 unspecified atom stereocenters. The number of nitrogens with one attached hydrogen (secondary N) is 1. The quantitative estimate of drug-likeness (QED) is 0.413. The highest BCUT2D eigenvalue weighted by Gasteiger charge is 2.69. The van der Waals surface area contributed by atoms with Crippen molar-refractivity contribution in [1.82, 2.24) is 24.6 Å². The molecule has 2 aromatic rings. The van der Waals surface area contributed by atoms with E-state index in [9.17, 15) is 4.79 Å². The Hall–Kier alpha value is -2.03. The third kappa shape index (κ3) is 4.60. The fraction of sp³-hybridized carbons (Fsp3) is 0.684. The number of hydrogen-bond donors (Lipinski definition) is 2. The van der Waals surface area contributed by atoms with E-state index in [1.165, 1.54) is 17.8 Å². The van der Waals surface area contributed by atoms with E-state index in [4.69, 9.17) is 36.1 Å². The molecule has 2 aliphatic rings. The number of carbonyl (C=O) groups is 1. The molecule has 2 aromatic heterocycles. The molecule has 0 amide bonds. The Kier molecular flexibility index (Phi) is 6.56. The Morgan fingerprint density at radius 1 is 1.40 bits per heavy atom. The third-order valence-corrected chi connectivity index (χ3v) is 8.08. The summed E-state index contributed by atoms with van der Waals surface area (Å²) in [5.41, 5.74) is 3.87. The Morgan fingerprint density at radius 2 is 2.09 bits per heavy atom. The van der Waals surface area contributed by atoms with Gasteiger partial charge >= 0.3 is 5.97 Å². The van der Waals surface area contributed by atoms with E-state index in [2.05, 4.69) is 20.0 Å². The molecule has 0 bridgehead atoms. The second kappa shape index (κ2) is 8.82. The lowest BCUT2D eigenvalue weighted by molar-refractivity contribution is -0.211. The van der Waals surface area contributed by atoms with Crippen LogP contribution in [0.15, 0.2) is 6.33 Å². The number of fused-ring (bicyclic) bond motifs is 2. The minimum absolute atomic E-state index is 0.0737. The number of carbonyl (C=O) groups excluding carboxylic acids is 1. The minimum Gasteiger partial charge on any atom is -0.462 e. The number of esters is 1. The highest BCUT2D eigenvalue weighted by molar-refractivity contribution is 8.09. The molecule has 35 heavy (non-hydrogen) atoms. The minimum atomic E-state index is -3.49. The van der Waals surface area contributed by atoms with Gasteiger partial charge in [-0.3, -0.25) is 9.36 Å². The number of anilines is 2. The lowest BCUT2D eigenvalue weighted by Gasteiger charge is -2.40. The summed E-state index contributed by atoms with van der Waals surface area (Å²) < 4.78 is 55.2. The number of ether oxygens (including phenoxy) is 2. The lowest BCUT2D eigenvalue weighted by atomic mass is 9.97. The van der Waals surface area contributed by atoms with Gasteiger partial charge in [-0.05, 0) is 39.5 Å². The summed E-state index contributed by atoms with van der Waals surface area (Å²) in [6, 6.07) is -0.930. The highest BCUT2D eigenvalue weighted by Crippen LogP contribution is 2.61. The van der Waals surface area contributed by atoms with Crippen molar-refractivity contribution in [2.24, 2.45) is 0 Å². The first-order valence-electron chi connectivity index (χ1n) is 10.8. The lowest BCUT2D eigenvalue weighted by Crippen LogP contribution is -2.52. The Balaban J connectivity index is 1.64. The number of aromatic nitrogens is 4. The molecule has 194 valence electrons. The van der Waals surface area contributed by atoms with E-state index in [-0.39, 0.29) is 17.7 Å². The van der Waals surface area contributed by atoms with Crippen LogP contribution < -0.4 is 15.7 Å². The molecule has 6 atom stereocenters. The maximum Gasteiger partial charge on any atom is 0.323 e. The second-order valence-corrected chi connectivity index (χ2v) is 12.3. The van der Waals surface area contributed by atoms with Gasteiger partial charge in [0.1, 0.15) is 12.6 Å². The summed E-state index contributed by atoms with van der Waals surface area (Å²) in [5.74, 6) is -2.94. The van der Waals surface area contributed by atoms with Crippen molar-refractivity contribution >= 4 is 47.3 Å². The van der Waals surface area contributed by atoms with Crippen molar-refractivity contribution in [3.8, 4) is 0 Å². The van der Waals surface area contributed by atoms with E-state index in [0.717, 1.165) is 6.92 Å². The van der Waals surface area contributed by atoms with Crippen LogP contribution >= 0.6 is 6.64 Å². The monoisotopic (exact) mass is 535 g/mol. The number of hydrogen-bond acceptors (Lipinski definition) is 11. The molecule has 0 spiro atoms. The zero-order valence-electron chi connectivity index (χ0n) is 20.1. The fourth-order valence-electron chi connectivity index (χ4n) is 3.97. The van der Waals surface area contributed by atoms with Crippen molar-refractivity contribution < 1.29 is 32.1 Å². The van der Waals surface area contributed by atoms with Crippen LogP contribution in [0, 0.1) is 0 Å². The van der Waals surface area contributed by atoms with E-state index in [0.29, 0.717) is 11.3 Å². The van der Waals surface area contributed by atoms with Crippen LogP contribution in [0.25, 0.3) is 11.2 Å². The largest absolute Gasteiger partial charge is 0.462 e. The fourth-order valence-corrected chi connectivity index (χ4v) is 6.62. The standard InChI is InChI=1S/C19H28F2N7O5PS/c1-9(2)31-14(29)10(3)26-34(35)30-7-19(21)15(33-34)18(4,20)16(32-19)28-8-23-11-12(27(5)6)24-17(22)25-13(11)28/h8-10,15-16H,7H2,1-6H3,(H,26,35)(H2,22,24,25)/t10-,15-,16+,18+,19+,34?/m0/s1. The molecular weight excluding hydrogens is 507 g/mol. The molecule has 4 heterocycles. The summed E-state index contributed by atoms with van der Waals surface area (Å²) in [6.07, 6.45) is -2.40. The molecule has 3 N–H and O–H groups in total. The van der Waals surface area contributed by atoms with Gasteiger partial charge in [0.25, 0.3) is 12.5 Å². The highest BCUT2D eigenvalue weighted by atomic mass is 32.5. The summed E-state index contributed by atoms with van der Waals surface area (Å²) >= 11 is 5.41. The second-order valence-electron chi connectivity index (χ2n) is 9.12. The van der Waals surface area contributed by atoms with Gasteiger partial charge in [-0.25, -0.2) is 18.9 Å². The van der Waals surface area contributed by atoms with Gasteiger partial charge in [-0.1, -0.05) is 0 Å². The first-order chi connectivity index (χ1) is 16.2. The van der Waals surface area contributed by atoms with Crippen LogP contribution in [0.4, 0.5) is 20.5 Å². The molecule has 4 rings (SSSR count). The number of halogens is 2. The van der Waals surface area contributed by atoms with Crippen molar-refractivity contribution in [1.29, 1.82) is 0 Å². The molecule has 0 aliphatic carbocycles. The van der Waals surface area contributed by atoms with Gasteiger partial charge in [0.15, 0.2) is 35.0 Å². The number of nitrogen functional groups attached to an aromatic ring is 1. The van der Waals surface area contributed by atoms with E-state index < -0.39 is 49.1 Å². The van der Waals surface area contributed by atoms with E-state index in [1.54, 1.807) is 32.8 Å². The number of imidazole rings is 1. The summed E-state index contributed by atoms with van der Waals surface area (Å²) in [6.45, 7) is 1.81. The molecule has 0 aromatic carbocycles. The average molecular weight is 536 g/mol. The van der Waals surface area contributed by atoms with Gasteiger partial charge in [-0.2, -0.15) is 9.97 Å². The average Bonchev–Trinajstić information content (AvgIpc) is 3.23. The van der Waals surface area contributed by atoms with Gasteiger partial charge in [0, 0.05) is 14.1 Å². The SMILES string of the molecule is CC(C)OC(=O)[C@H](C)NP1(=S)OC[C@@]2(F)O[C@@H](n3cnc4c(N(C)C)nc(N)nc43)[C@](C)(F)[C@@H]2O1. The molecule has 0 saturated carbocycles. The van der Waals surface area contributed by atoms with Gasteiger partial charge < -0.3 is 29.2 Å². The van der Waals surface area contributed by atoms with Crippen LogP contribution in [0.1, 0.15) is 33.9 Å². The predicted molar refractivity (Wildman–Crippen MR) is 126 cm³/mol. The number of alkyl halides is 2. The molecular formula is C19H28F2N7O5PS. The smallest absolute Gasteiger partial charge is 0.323 e. The first-order valence-corrected chi connectivity index (χ1v) is 13.4. The summed E-state index contributed by atoms with van der Waals surface area (Å²) in [7, 11) is 3.47. The van der Waals surface area contributed by atoms with E-state index in [1.807, 2.05) is 0 Å². The zero-order valence-corrected chi connectivity index (χ0v) is 21.8. The molecule has 12 nitrogen and oxygen atoms in total. The van der Waals surface area contributed by atoms with Crippen molar-refractivity contribution in [2.45, 2.75) is 63.7 Å². The number of rotatable bonds is 6.